The van der Waals surface area contributed by atoms with Crippen LogP contribution >= 0.6 is 0 Å². The van der Waals surface area contributed by atoms with Crippen LogP contribution in [0.3, 0.4) is 0 Å². The zero-order valence-corrected chi connectivity index (χ0v) is 14.6. The van der Waals surface area contributed by atoms with E-state index >= 15 is 0 Å². The van der Waals surface area contributed by atoms with Crippen molar-refractivity contribution in [3.63, 3.8) is 0 Å². The van der Waals surface area contributed by atoms with Gasteiger partial charge in [0.2, 0.25) is 11.8 Å². The molecule has 0 bridgehead atoms. The van der Waals surface area contributed by atoms with E-state index in [2.05, 4.69) is 5.32 Å². The number of rotatable bonds is 4. The molecule has 1 heterocycles. The van der Waals surface area contributed by atoms with Crippen LogP contribution in [0.15, 0.2) is 18.2 Å². The Balaban J connectivity index is 2.31. The Hall–Kier alpha value is -2.04. The average Bonchev–Trinajstić information content (AvgIpc) is 2.54. The summed E-state index contributed by atoms with van der Waals surface area (Å²) in [6.45, 7) is 10.6. The molecule has 0 saturated carbocycles. The van der Waals surface area contributed by atoms with Gasteiger partial charge >= 0.3 is 0 Å². The molecule has 2 rings (SSSR count). The summed E-state index contributed by atoms with van der Waals surface area (Å²) in [5.41, 5.74) is 0.824. The van der Waals surface area contributed by atoms with Gasteiger partial charge in [-0.3, -0.25) is 9.59 Å². The van der Waals surface area contributed by atoms with Gasteiger partial charge in [0.05, 0.1) is 11.1 Å². The van der Waals surface area contributed by atoms with Crippen LogP contribution in [0.25, 0.3) is 0 Å². The molecule has 0 aliphatic carbocycles. The second-order valence-electron chi connectivity index (χ2n) is 7.05. The first kappa shape index (κ1) is 17.3. The molecule has 0 fully saturated rings. The molecule has 1 aliphatic heterocycles. The number of fused-ring (bicyclic) bond motifs is 1. The smallest absolute Gasteiger partial charge is 0.236 e. The number of amides is 2. The summed E-state index contributed by atoms with van der Waals surface area (Å²) in [4.78, 5) is 26.4. The SMILES string of the molecule is CCN1C(=O)C(C)(C)COc2ccc(NC(=O)CC(C)C)cc21. The van der Waals surface area contributed by atoms with Gasteiger partial charge in [0.25, 0.3) is 0 Å². The van der Waals surface area contributed by atoms with Gasteiger partial charge in [0.15, 0.2) is 0 Å². The summed E-state index contributed by atoms with van der Waals surface area (Å²) in [6, 6.07) is 5.45. The third-order valence-electron chi connectivity index (χ3n) is 3.86. The van der Waals surface area contributed by atoms with Crippen molar-refractivity contribution in [3.8, 4) is 5.75 Å². The standard InChI is InChI=1S/C18H26N2O3/c1-6-20-14-10-13(19-16(21)9-12(2)3)7-8-15(14)23-11-18(4,5)17(20)22/h7-8,10,12H,6,9,11H2,1-5H3,(H,19,21). The highest BCUT2D eigenvalue weighted by molar-refractivity contribution is 6.00. The van der Waals surface area contributed by atoms with Crippen LogP contribution in [-0.2, 0) is 9.59 Å². The van der Waals surface area contributed by atoms with Crippen LogP contribution in [0.1, 0.15) is 41.0 Å². The van der Waals surface area contributed by atoms with E-state index in [-0.39, 0.29) is 11.8 Å². The van der Waals surface area contributed by atoms with Gasteiger partial charge in [0.1, 0.15) is 12.4 Å². The maximum Gasteiger partial charge on any atom is 0.236 e. The average molecular weight is 318 g/mol. The number of nitrogens with zero attached hydrogens (tertiary/aromatic N) is 1. The molecule has 0 saturated heterocycles. The number of hydrogen-bond acceptors (Lipinski definition) is 3. The second kappa shape index (κ2) is 6.60. The van der Waals surface area contributed by atoms with Crippen molar-refractivity contribution in [3.05, 3.63) is 18.2 Å². The van der Waals surface area contributed by atoms with E-state index in [9.17, 15) is 9.59 Å². The Morgan fingerprint density at radius 1 is 1.39 bits per heavy atom. The van der Waals surface area contributed by atoms with Gasteiger partial charge in [-0.25, -0.2) is 0 Å². The molecule has 2 amide bonds. The van der Waals surface area contributed by atoms with Crippen LogP contribution < -0.4 is 15.0 Å². The zero-order chi connectivity index (χ0) is 17.2. The third kappa shape index (κ3) is 3.84. The minimum absolute atomic E-state index is 0.0239. The summed E-state index contributed by atoms with van der Waals surface area (Å²) in [7, 11) is 0. The lowest BCUT2D eigenvalue weighted by atomic mass is 9.93. The van der Waals surface area contributed by atoms with Crippen molar-refractivity contribution in [1.82, 2.24) is 0 Å². The second-order valence-corrected chi connectivity index (χ2v) is 7.05. The lowest BCUT2D eigenvalue weighted by molar-refractivity contribution is -0.127. The third-order valence-corrected chi connectivity index (χ3v) is 3.86. The lowest BCUT2D eigenvalue weighted by Crippen LogP contribution is -2.42. The summed E-state index contributed by atoms with van der Waals surface area (Å²) >= 11 is 0. The number of carbonyl (C=O) groups is 2. The van der Waals surface area contributed by atoms with E-state index in [0.717, 1.165) is 0 Å². The fourth-order valence-electron chi connectivity index (χ4n) is 2.62. The van der Waals surface area contributed by atoms with Crippen LogP contribution in [0.4, 0.5) is 11.4 Å². The van der Waals surface area contributed by atoms with Gasteiger partial charge in [-0.2, -0.15) is 0 Å². The number of carbonyl (C=O) groups excluding carboxylic acids is 2. The maximum absolute atomic E-state index is 12.7. The number of anilines is 2. The molecular formula is C18H26N2O3. The van der Waals surface area contributed by atoms with Crippen molar-refractivity contribution >= 4 is 23.2 Å². The zero-order valence-electron chi connectivity index (χ0n) is 14.6. The number of hydrogen-bond donors (Lipinski definition) is 1. The molecule has 0 radical (unpaired) electrons. The van der Waals surface area contributed by atoms with Crippen molar-refractivity contribution in [2.75, 3.05) is 23.4 Å². The predicted octanol–water partition coefficient (Wildman–Crippen LogP) is 3.44. The largest absolute Gasteiger partial charge is 0.490 e. The number of benzene rings is 1. The van der Waals surface area contributed by atoms with Gasteiger partial charge in [0, 0.05) is 18.7 Å². The molecule has 1 aliphatic rings. The van der Waals surface area contributed by atoms with Crippen molar-refractivity contribution < 1.29 is 14.3 Å². The molecule has 1 aromatic rings. The monoisotopic (exact) mass is 318 g/mol. The quantitative estimate of drug-likeness (QED) is 0.925. The molecule has 126 valence electrons. The molecule has 5 nitrogen and oxygen atoms in total. The van der Waals surface area contributed by atoms with Crippen LogP contribution in [0.5, 0.6) is 5.75 Å². The Kier molecular flexibility index (Phi) is 4.97. The minimum Gasteiger partial charge on any atom is -0.490 e. The Morgan fingerprint density at radius 3 is 2.70 bits per heavy atom. The van der Waals surface area contributed by atoms with Crippen LogP contribution in [0, 0.1) is 11.3 Å². The maximum atomic E-state index is 12.7. The summed E-state index contributed by atoms with van der Waals surface area (Å²) < 4.78 is 5.82. The van der Waals surface area contributed by atoms with Gasteiger partial charge in [-0.15, -0.1) is 0 Å². The number of ether oxygens (including phenoxy) is 1. The fraction of sp³-hybridized carbons (Fsp3) is 0.556. The van der Waals surface area contributed by atoms with E-state index in [0.29, 0.717) is 42.6 Å². The van der Waals surface area contributed by atoms with Crippen molar-refractivity contribution in [2.24, 2.45) is 11.3 Å². The normalized spacial score (nSPS) is 16.6. The molecule has 0 atom stereocenters. The molecule has 5 heteroatoms. The molecule has 1 aromatic carbocycles. The first-order valence-corrected chi connectivity index (χ1v) is 8.13. The highest BCUT2D eigenvalue weighted by Crippen LogP contribution is 2.38. The lowest BCUT2D eigenvalue weighted by Gasteiger charge is -2.27. The summed E-state index contributed by atoms with van der Waals surface area (Å²) in [5, 5.41) is 2.89. The molecule has 0 unspecified atom stereocenters. The Bertz CT molecular complexity index is 608. The molecule has 0 aromatic heterocycles. The predicted molar refractivity (Wildman–Crippen MR) is 91.8 cm³/mol. The first-order chi connectivity index (χ1) is 10.7. The Morgan fingerprint density at radius 2 is 2.09 bits per heavy atom. The van der Waals surface area contributed by atoms with Gasteiger partial charge in [-0.05, 0) is 44.9 Å². The van der Waals surface area contributed by atoms with Gasteiger partial charge < -0.3 is 15.0 Å². The highest BCUT2D eigenvalue weighted by atomic mass is 16.5. The van der Waals surface area contributed by atoms with Crippen LogP contribution in [0.2, 0.25) is 0 Å². The first-order valence-electron chi connectivity index (χ1n) is 8.13. The molecule has 0 spiro atoms. The van der Waals surface area contributed by atoms with Crippen LogP contribution in [-0.4, -0.2) is 25.0 Å². The number of nitrogens with one attached hydrogen (secondary N) is 1. The minimum atomic E-state index is -0.573. The topological polar surface area (TPSA) is 58.6 Å². The van der Waals surface area contributed by atoms with E-state index in [1.807, 2.05) is 52.8 Å². The molecular weight excluding hydrogens is 292 g/mol. The van der Waals surface area contributed by atoms with Crippen molar-refractivity contribution in [1.29, 1.82) is 0 Å². The summed E-state index contributed by atoms with van der Waals surface area (Å²) in [5.74, 6) is 0.981. The Labute approximate surface area is 138 Å². The van der Waals surface area contributed by atoms with Gasteiger partial charge in [-0.1, -0.05) is 13.8 Å². The van der Waals surface area contributed by atoms with Crippen molar-refractivity contribution in [2.45, 2.75) is 41.0 Å². The molecule has 23 heavy (non-hydrogen) atoms. The fourth-order valence-corrected chi connectivity index (χ4v) is 2.62. The van der Waals surface area contributed by atoms with E-state index < -0.39 is 5.41 Å². The molecule has 1 N–H and O–H groups in total. The van der Waals surface area contributed by atoms with E-state index in [1.54, 1.807) is 4.90 Å². The highest BCUT2D eigenvalue weighted by Gasteiger charge is 2.37. The van der Waals surface area contributed by atoms with E-state index in [4.69, 9.17) is 4.74 Å². The van der Waals surface area contributed by atoms with E-state index in [1.165, 1.54) is 0 Å². The summed E-state index contributed by atoms with van der Waals surface area (Å²) in [6.07, 6.45) is 0.469.